The van der Waals surface area contributed by atoms with E-state index in [0.29, 0.717) is 12.5 Å². The molecule has 0 aromatic carbocycles. The third-order valence-corrected chi connectivity index (χ3v) is 4.96. The van der Waals surface area contributed by atoms with E-state index in [1.54, 1.807) is 0 Å². The molecular formula is C14H32N2O2S. The van der Waals surface area contributed by atoms with Gasteiger partial charge in [0.15, 0.2) is 0 Å². The Kier molecular flexibility index (Phi) is 8.86. The highest BCUT2D eigenvalue weighted by Crippen LogP contribution is 2.24. The first kappa shape index (κ1) is 18.9. The highest BCUT2D eigenvalue weighted by atomic mass is 32.2. The van der Waals surface area contributed by atoms with E-state index in [1.165, 1.54) is 0 Å². The van der Waals surface area contributed by atoms with E-state index in [2.05, 4.69) is 44.7 Å². The number of hydrogen-bond donors (Lipinski definition) is 2. The largest absolute Gasteiger partial charge is 0.317 e. The molecule has 19 heavy (non-hydrogen) atoms. The summed E-state index contributed by atoms with van der Waals surface area (Å²) in [5.74, 6) is 0.561. The summed E-state index contributed by atoms with van der Waals surface area (Å²) in [7, 11) is -3.11. The van der Waals surface area contributed by atoms with Crippen molar-refractivity contribution >= 4 is 10.0 Å². The Balaban J connectivity index is 3.81. The van der Waals surface area contributed by atoms with Crippen LogP contribution in [0.4, 0.5) is 0 Å². The third kappa shape index (κ3) is 10.3. The molecule has 0 aliphatic rings. The second-order valence-corrected chi connectivity index (χ2v) is 8.32. The van der Waals surface area contributed by atoms with Crippen LogP contribution in [0.2, 0.25) is 0 Å². The van der Waals surface area contributed by atoms with Gasteiger partial charge in [0.25, 0.3) is 0 Å². The van der Waals surface area contributed by atoms with Crippen LogP contribution in [0.25, 0.3) is 0 Å². The van der Waals surface area contributed by atoms with Gasteiger partial charge in [0.05, 0.1) is 5.75 Å². The van der Waals surface area contributed by atoms with Crippen LogP contribution >= 0.6 is 0 Å². The molecule has 0 spiro atoms. The fraction of sp³-hybridized carbons (Fsp3) is 1.00. The van der Waals surface area contributed by atoms with Crippen molar-refractivity contribution in [3.8, 4) is 0 Å². The molecule has 0 bridgehead atoms. The van der Waals surface area contributed by atoms with Crippen LogP contribution in [0.5, 0.6) is 0 Å². The van der Waals surface area contributed by atoms with E-state index < -0.39 is 10.0 Å². The van der Waals surface area contributed by atoms with E-state index in [1.807, 2.05) is 0 Å². The minimum Gasteiger partial charge on any atom is -0.317 e. The van der Waals surface area contributed by atoms with Crippen molar-refractivity contribution in [2.45, 2.75) is 53.9 Å². The zero-order chi connectivity index (χ0) is 14.9. The molecule has 1 unspecified atom stereocenters. The minimum absolute atomic E-state index is 0.132. The van der Waals surface area contributed by atoms with Gasteiger partial charge in [0, 0.05) is 6.54 Å². The van der Waals surface area contributed by atoms with Gasteiger partial charge in [0.1, 0.15) is 0 Å². The Morgan fingerprint density at radius 3 is 2.26 bits per heavy atom. The van der Waals surface area contributed by atoms with Gasteiger partial charge in [-0.25, -0.2) is 13.1 Å². The molecule has 5 heteroatoms. The molecule has 0 radical (unpaired) electrons. The van der Waals surface area contributed by atoms with E-state index >= 15 is 0 Å². The maximum atomic E-state index is 11.8. The molecule has 1 atom stereocenters. The van der Waals surface area contributed by atoms with E-state index in [0.717, 1.165) is 32.4 Å². The molecule has 2 N–H and O–H groups in total. The van der Waals surface area contributed by atoms with Gasteiger partial charge in [0.2, 0.25) is 10.0 Å². The Bertz CT molecular complexity index is 321. The number of sulfonamides is 1. The summed E-state index contributed by atoms with van der Waals surface area (Å²) in [4.78, 5) is 0. The number of hydrogen-bond acceptors (Lipinski definition) is 3. The topological polar surface area (TPSA) is 58.2 Å². The molecule has 0 amide bonds. The van der Waals surface area contributed by atoms with Crippen LogP contribution < -0.4 is 10.0 Å². The minimum atomic E-state index is -3.11. The lowest BCUT2D eigenvalue weighted by Crippen LogP contribution is -2.35. The Morgan fingerprint density at radius 2 is 1.74 bits per heavy atom. The average Bonchev–Trinajstić information content (AvgIpc) is 2.29. The summed E-state index contributed by atoms with van der Waals surface area (Å²) < 4.78 is 26.4. The lowest BCUT2D eigenvalue weighted by atomic mass is 9.82. The molecule has 0 aliphatic carbocycles. The van der Waals surface area contributed by atoms with E-state index in [4.69, 9.17) is 0 Å². The molecule has 4 nitrogen and oxygen atoms in total. The van der Waals surface area contributed by atoms with Crippen molar-refractivity contribution in [1.29, 1.82) is 0 Å². The predicted octanol–water partition coefficient (Wildman–Crippen LogP) is 2.37. The van der Waals surface area contributed by atoms with Gasteiger partial charge >= 0.3 is 0 Å². The molecule has 0 heterocycles. The van der Waals surface area contributed by atoms with Gasteiger partial charge in [-0.05, 0) is 43.7 Å². The normalized spacial score (nSPS) is 14.6. The fourth-order valence-electron chi connectivity index (χ4n) is 1.47. The maximum absolute atomic E-state index is 11.8. The van der Waals surface area contributed by atoms with Crippen LogP contribution in [-0.2, 0) is 10.0 Å². The van der Waals surface area contributed by atoms with Crippen LogP contribution in [0.3, 0.4) is 0 Å². The van der Waals surface area contributed by atoms with Crippen LogP contribution in [0.1, 0.15) is 53.9 Å². The number of unbranched alkanes of at least 4 members (excludes halogenated alkanes) is 1. The summed E-state index contributed by atoms with van der Waals surface area (Å²) in [6, 6.07) is 0. The first-order valence-corrected chi connectivity index (χ1v) is 9.02. The lowest BCUT2D eigenvalue weighted by Gasteiger charge is -2.27. The zero-order valence-corrected chi connectivity index (χ0v) is 14.1. The SMILES string of the molecule is CCCNCCCCS(=O)(=O)NCC(C)C(C)(C)C. The fourth-order valence-corrected chi connectivity index (χ4v) is 2.71. The summed E-state index contributed by atoms with van der Waals surface area (Å²) in [6.07, 6.45) is 2.75. The highest BCUT2D eigenvalue weighted by molar-refractivity contribution is 7.89. The molecule has 0 rings (SSSR count). The molecular weight excluding hydrogens is 260 g/mol. The zero-order valence-electron chi connectivity index (χ0n) is 13.3. The number of rotatable bonds is 10. The van der Waals surface area contributed by atoms with Crippen molar-refractivity contribution < 1.29 is 8.42 Å². The molecule has 0 aromatic rings. The van der Waals surface area contributed by atoms with E-state index in [9.17, 15) is 8.42 Å². The first-order chi connectivity index (χ1) is 8.69. The summed E-state index contributed by atoms with van der Waals surface area (Å²) in [6.45, 7) is 13.0. The van der Waals surface area contributed by atoms with Crippen LogP contribution in [0, 0.1) is 11.3 Å². The number of nitrogens with one attached hydrogen (secondary N) is 2. The molecule has 0 aliphatic heterocycles. The van der Waals surface area contributed by atoms with Crippen molar-refractivity contribution in [3.63, 3.8) is 0 Å². The molecule has 0 saturated heterocycles. The Labute approximate surface area is 119 Å². The van der Waals surface area contributed by atoms with Crippen LogP contribution in [0.15, 0.2) is 0 Å². The van der Waals surface area contributed by atoms with Gasteiger partial charge < -0.3 is 5.32 Å². The maximum Gasteiger partial charge on any atom is 0.211 e. The van der Waals surface area contributed by atoms with Crippen molar-refractivity contribution in [2.75, 3.05) is 25.4 Å². The molecule has 0 fully saturated rings. The Hall–Kier alpha value is -0.130. The van der Waals surface area contributed by atoms with Gasteiger partial charge in [-0.2, -0.15) is 0 Å². The smallest absolute Gasteiger partial charge is 0.211 e. The van der Waals surface area contributed by atoms with Gasteiger partial charge in [-0.15, -0.1) is 0 Å². The first-order valence-electron chi connectivity index (χ1n) is 7.37. The van der Waals surface area contributed by atoms with Crippen molar-refractivity contribution in [2.24, 2.45) is 11.3 Å². The van der Waals surface area contributed by atoms with Gasteiger partial charge in [-0.1, -0.05) is 34.6 Å². The van der Waals surface area contributed by atoms with Crippen molar-refractivity contribution in [1.82, 2.24) is 10.0 Å². The summed E-state index contributed by atoms with van der Waals surface area (Å²) >= 11 is 0. The highest BCUT2D eigenvalue weighted by Gasteiger charge is 2.21. The second-order valence-electron chi connectivity index (χ2n) is 6.39. The second kappa shape index (κ2) is 8.93. The predicted molar refractivity (Wildman–Crippen MR) is 82.8 cm³/mol. The average molecular weight is 292 g/mol. The molecule has 116 valence electrons. The third-order valence-electron chi connectivity index (χ3n) is 3.53. The lowest BCUT2D eigenvalue weighted by molar-refractivity contribution is 0.263. The van der Waals surface area contributed by atoms with Crippen molar-refractivity contribution in [3.05, 3.63) is 0 Å². The molecule has 0 aromatic heterocycles. The van der Waals surface area contributed by atoms with Crippen LogP contribution in [-0.4, -0.2) is 33.8 Å². The summed E-state index contributed by atoms with van der Waals surface area (Å²) in [5.41, 5.74) is 0.132. The monoisotopic (exact) mass is 292 g/mol. The Morgan fingerprint density at radius 1 is 1.11 bits per heavy atom. The molecule has 0 saturated carbocycles. The van der Waals surface area contributed by atoms with E-state index in [-0.39, 0.29) is 11.2 Å². The standard InChI is InChI=1S/C14H32N2O2S/c1-6-9-15-10-7-8-11-19(17,18)16-12-13(2)14(3,4)5/h13,15-16H,6-12H2,1-5H3. The summed E-state index contributed by atoms with van der Waals surface area (Å²) in [5, 5.41) is 3.28. The quantitative estimate of drug-likeness (QED) is 0.608. The van der Waals surface area contributed by atoms with Gasteiger partial charge in [-0.3, -0.25) is 0 Å².